The molecule has 1 aliphatic rings. The summed E-state index contributed by atoms with van der Waals surface area (Å²) in [6, 6.07) is 16.9. The van der Waals surface area contributed by atoms with Gasteiger partial charge in [-0.05, 0) is 50.8 Å². The summed E-state index contributed by atoms with van der Waals surface area (Å²) in [6.45, 7) is 11.4. The average molecular weight is 443 g/mol. The van der Waals surface area contributed by atoms with Crippen molar-refractivity contribution in [2.45, 2.75) is 47.0 Å². The van der Waals surface area contributed by atoms with Crippen LogP contribution in [0.5, 0.6) is 0 Å². The highest BCUT2D eigenvalue weighted by atomic mass is 16.2. The van der Waals surface area contributed by atoms with Crippen molar-refractivity contribution in [2.75, 3.05) is 31.1 Å². The summed E-state index contributed by atoms with van der Waals surface area (Å²) in [5.41, 5.74) is 7.33. The van der Waals surface area contributed by atoms with E-state index in [9.17, 15) is 4.79 Å². The van der Waals surface area contributed by atoms with E-state index in [1.165, 1.54) is 27.8 Å². The van der Waals surface area contributed by atoms with Crippen molar-refractivity contribution in [1.29, 1.82) is 0 Å². The minimum atomic E-state index is 0.240. The van der Waals surface area contributed by atoms with Crippen LogP contribution in [0, 0.1) is 27.7 Å². The lowest BCUT2D eigenvalue weighted by Crippen LogP contribution is -2.49. The minimum absolute atomic E-state index is 0.240. The number of piperazine rings is 1. The highest BCUT2D eigenvalue weighted by molar-refractivity contribution is 5.76. The average Bonchev–Trinajstić information content (AvgIpc) is 2.82. The molecule has 5 nitrogen and oxygen atoms in total. The summed E-state index contributed by atoms with van der Waals surface area (Å²) < 4.78 is 0. The van der Waals surface area contributed by atoms with Crippen LogP contribution in [0.25, 0.3) is 0 Å². The number of carbonyl (C=O) groups excluding carboxylic acids is 1. The number of nitrogens with zero attached hydrogens (tertiary/aromatic N) is 4. The molecule has 0 saturated carbocycles. The number of amides is 1. The van der Waals surface area contributed by atoms with E-state index in [2.05, 4.69) is 61.0 Å². The van der Waals surface area contributed by atoms with Crippen molar-refractivity contribution in [3.05, 3.63) is 87.9 Å². The highest BCUT2D eigenvalue weighted by Gasteiger charge is 2.25. The van der Waals surface area contributed by atoms with Crippen molar-refractivity contribution in [3.8, 4) is 0 Å². The normalized spacial score (nSPS) is 13.9. The number of aromatic nitrogens is 2. The molecule has 0 unspecified atom stereocenters. The van der Waals surface area contributed by atoms with Gasteiger partial charge in [-0.2, -0.15) is 0 Å². The van der Waals surface area contributed by atoms with E-state index < -0.39 is 0 Å². The number of carbonyl (C=O) groups is 1. The van der Waals surface area contributed by atoms with Crippen molar-refractivity contribution < 1.29 is 4.79 Å². The van der Waals surface area contributed by atoms with Gasteiger partial charge in [-0.15, -0.1) is 0 Å². The van der Waals surface area contributed by atoms with E-state index in [-0.39, 0.29) is 5.91 Å². The van der Waals surface area contributed by atoms with Crippen molar-refractivity contribution in [3.63, 3.8) is 0 Å². The zero-order valence-corrected chi connectivity index (χ0v) is 20.3. The first-order valence-corrected chi connectivity index (χ1v) is 11.9. The maximum atomic E-state index is 12.8. The van der Waals surface area contributed by atoms with Gasteiger partial charge in [0, 0.05) is 50.3 Å². The number of hydrogen-bond donors (Lipinski definition) is 0. The van der Waals surface area contributed by atoms with Crippen LogP contribution in [0.1, 0.15) is 45.8 Å². The number of anilines is 1. The maximum absolute atomic E-state index is 12.8. The summed E-state index contributed by atoms with van der Waals surface area (Å²) in [5.74, 6) is 2.06. The molecule has 1 fully saturated rings. The number of hydrogen-bond acceptors (Lipinski definition) is 4. The van der Waals surface area contributed by atoms with Crippen molar-refractivity contribution >= 4 is 11.7 Å². The Morgan fingerprint density at radius 2 is 1.64 bits per heavy atom. The Morgan fingerprint density at radius 3 is 2.36 bits per heavy atom. The molecule has 0 atom stereocenters. The lowest BCUT2D eigenvalue weighted by atomic mass is 9.97. The van der Waals surface area contributed by atoms with E-state index >= 15 is 0 Å². The second-order valence-corrected chi connectivity index (χ2v) is 9.12. The van der Waals surface area contributed by atoms with Gasteiger partial charge in [-0.1, -0.05) is 54.1 Å². The summed E-state index contributed by atoms with van der Waals surface area (Å²) >= 11 is 0. The smallest absolute Gasteiger partial charge is 0.223 e. The minimum Gasteiger partial charge on any atom is -0.353 e. The Labute approximate surface area is 197 Å². The fourth-order valence-corrected chi connectivity index (χ4v) is 4.59. The third-order valence-electron chi connectivity index (χ3n) is 6.58. The fraction of sp³-hybridized carbons (Fsp3) is 0.393. The van der Waals surface area contributed by atoms with Crippen LogP contribution in [0.3, 0.4) is 0 Å². The Morgan fingerprint density at radius 1 is 0.909 bits per heavy atom. The van der Waals surface area contributed by atoms with Crippen LogP contribution >= 0.6 is 0 Å². The van der Waals surface area contributed by atoms with Crippen LogP contribution in [0.2, 0.25) is 0 Å². The quantitative estimate of drug-likeness (QED) is 0.561. The number of aryl methyl sites for hydroxylation is 5. The molecule has 172 valence electrons. The van der Waals surface area contributed by atoms with Crippen LogP contribution in [-0.2, 0) is 17.6 Å². The summed E-state index contributed by atoms with van der Waals surface area (Å²) in [5, 5.41) is 0. The number of rotatable bonds is 6. The number of benzene rings is 2. The Bertz CT molecular complexity index is 1120. The van der Waals surface area contributed by atoms with Gasteiger partial charge in [0.25, 0.3) is 0 Å². The lowest BCUT2D eigenvalue weighted by Gasteiger charge is -2.36. The molecule has 5 heteroatoms. The SMILES string of the molecule is Cc1ccc(C)c(Cc2c(C)nc(C)nc2N2CCN(C(=O)CCc3ccccc3)CC2)c1. The van der Waals surface area contributed by atoms with E-state index in [4.69, 9.17) is 4.98 Å². The maximum Gasteiger partial charge on any atom is 0.223 e. The predicted molar refractivity (Wildman–Crippen MR) is 134 cm³/mol. The molecular weight excluding hydrogens is 408 g/mol. The molecule has 3 aromatic rings. The molecule has 1 aromatic heterocycles. The molecule has 33 heavy (non-hydrogen) atoms. The van der Waals surface area contributed by atoms with Gasteiger partial charge >= 0.3 is 0 Å². The molecule has 0 N–H and O–H groups in total. The van der Waals surface area contributed by atoms with Gasteiger partial charge in [-0.3, -0.25) is 4.79 Å². The van der Waals surface area contributed by atoms with Crippen LogP contribution < -0.4 is 4.90 Å². The van der Waals surface area contributed by atoms with Gasteiger partial charge in [0.05, 0.1) is 0 Å². The van der Waals surface area contributed by atoms with Gasteiger partial charge in [0.15, 0.2) is 0 Å². The first-order chi connectivity index (χ1) is 15.9. The fourth-order valence-electron chi connectivity index (χ4n) is 4.59. The molecule has 1 amide bonds. The molecule has 1 aliphatic heterocycles. The topological polar surface area (TPSA) is 49.3 Å². The molecule has 1 saturated heterocycles. The van der Waals surface area contributed by atoms with E-state index in [0.717, 1.165) is 56.4 Å². The lowest BCUT2D eigenvalue weighted by molar-refractivity contribution is -0.131. The molecule has 2 heterocycles. The van der Waals surface area contributed by atoms with Gasteiger partial charge in [0.2, 0.25) is 5.91 Å². The summed E-state index contributed by atoms with van der Waals surface area (Å²) in [7, 11) is 0. The molecule has 0 aliphatic carbocycles. The Balaban J connectivity index is 1.45. The second kappa shape index (κ2) is 10.2. The van der Waals surface area contributed by atoms with Crippen LogP contribution in [0.15, 0.2) is 48.5 Å². The largest absolute Gasteiger partial charge is 0.353 e. The second-order valence-electron chi connectivity index (χ2n) is 9.12. The molecular formula is C28H34N4O. The molecule has 4 rings (SSSR count). The monoisotopic (exact) mass is 442 g/mol. The molecule has 2 aromatic carbocycles. The first kappa shape index (κ1) is 23.0. The first-order valence-electron chi connectivity index (χ1n) is 11.9. The molecule has 0 radical (unpaired) electrons. The molecule has 0 bridgehead atoms. The van der Waals surface area contributed by atoms with Crippen molar-refractivity contribution in [2.24, 2.45) is 0 Å². The highest BCUT2D eigenvalue weighted by Crippen LogP contribution is 2.26. The van der Waals surface area contributed by atoms with E-state index in [1.807, 2.05) is 30.0 Å². The van der Waals surface area contributed by atoms with Crippen LogP contribution in [0.4, 0.5) is 5.82 Å². The predicted octanol–water partition coefficient (Wildman–Crippen LogP) is 4.58. The van der Waals surface area contributed by atoms with E-state index in [0.29, 0.717) is 6.42 Å². The zero-order valence-electron chi connectivity index (χ0n) is 20.3. The van der Waals surface area contributed by atoms with Crippen LogP contribution in [-0.4, -0.2) is 47.0 Å². The summed E-state index contributed by atoms with van der Waals surface area (Å²) in [4.78, 5) is 26.7. The van der Waals surface area contributed by atoms with E-state index in [1.54, 1.807) is 0 Å². The molecule has 0 spiro atoms. The Kier molecular flexibility index (Phi) is 7.07. The third kappa shape index (κ3) is 5.59. The van der Waals surface area contributed by atoms with Gasteiger partial charge in [0.1, 0.15) is 11.6 Å². The Hall–Kier alpha value is -3.21. The summed E-state index contributed by atoms with van der Waals surface area (Å²) in [6.07, 6.45) is 2.18. The van der Waals surface area contributed by atoms with Gasteiger partial charge in [-0.25, -0.2) is 9.97 Å². The van der Waals surface area contributed by atoms with Crippen molar-refractivity contribution in [1.82, 2.24) is 14.9 Å². The zero-order chi connectivity index (χ0) is 23.4. The standard InChI is InChI=1S/C28H34N4O/c1-20-10-11-21(2)25(18-20)19-26-22(3)29-23(4)30-28(26)32-16-14-31(15-17-32)27(33)13-12-24-8-6-5-7-9-24/h5-11,18H,12-17,19H2,1-4H3. The van der Waals surface area contributed by atoms with Gasteiger partial charge < -0.3 is 9.80 Å². The third-order valence-corrected chi connectivity index (χ3v) is 6.58.